The van der Waals surface area contributed by atoms with Crippen molar-refractivity contribution in [3.05, 3.63) is 60.8 Å². The standard InChI is InChI=1S/C58H103O11P/c1-4-7-10-13-16-19-22-25-26-27-28-31-34-37-40-43-46-49-58(62)69-55(51-65-56(60)47-44-41-38-35-32-29-23-20-17-14-11-8-5-2)53-67-70(63,64)66-52-54(50-59)68-57(61)48-45-42-39-36-33-30-24-21-18-15-12-9-6-3/h9,12,18,21,25-26,30,33,39,42,54-55,59H,4-8,10-11,13-17,19-20,22-24,27-29,31-32,34-38,40-41,43-53H2,1-3H3,(H,63,64)/b12-9-,21-18-,26-25-,33-30-,42-39-. The van der Waals surface area contributed by atoms with E-state index in [0.29, 0.717) is 19.3 Å². The van der Waals surface area contributed by atoms with Crippen LogP contribution in [0.4, 0.5) is 0 Å². The molecule has 0 radical (unpaired) electrons. The molecule has 0 aromatic rings. The molecule has 3 unspecified atom stereocenters. The summed E-state index contributed by atoms with van der Waals surface area (Å²) >= 11 is 0. The molecule has 70 heavy (non-hydrogen) atoms. The van der Waals surface area contributed by atoms with E-state index in [0.717, 1.165) is 77.0 Å². The summed E-state index contributed by atoms with van der Waals surface area (Å²) in [6, 6.07) is 0. The Morgan fingerprint density at radius 2 is 0.771 bits per heavy atom. The first-order valence-corrected chi connectivity index (χ1v) is 29.7. The second kappa shape index (κ2) is 52.5. The molecule has 0 amide bonds. The van der Waals surface area contributed by atoms with Gasteiger partial charge in [0, 0.05) is 19.3 Å². The van der Waals surface area contributed by atoms with Crippen molar-refractivity contribution in [3.63, 3.8) is 0 Å². The van der Waals surface area contributed by atoms with Gasteiger partial charge in [0.15, 0.2) is 6.10 Å². The van der Waals surface area contributed by atoms with Crippen molar-refractivity contribution in [1.29, 1.82) is 0 Å². The Kier molecular flexibility index (Phi) is 50.4. The highest BCUT2D eigenvalue weighted by molar-refractivity contribution is 7.47. The minimum Gasteiger partial charge on any atom is -0.462 e. The third-order valence-corrected chi connectivity index (χ3v) is 12.9. The molecular weight excluding hydrogens is 904 g/mol. The number of esters is 3. The molecule has 0 heterocycles. The number of unbranched alkanes of at least 4 members (excludes halogenated alkanes) is 25. The lowest BCUT2D eigenvalue weighted by Gasteiger charge is -2.21. The zero-order chi connectivity index (χ0) is 51.3. The van der Waals surface area contributed by atoms with Crippen LogP contribution >= 0.6 is 7.82 Å². The summed E-state index contributed by atoms with van der Waals surface area (Å²) in [7, 11) is -4.76. The number of phosphoric acid groups is 1. The molecular formula is C58H103O11P. The summed E-state index contributed by atoms with van der Waals surface area (Å²) < 4.78 is 39.4. The van der Waals surface area contributed by atoms with Crippen molar-refractivity contribution in [2.24, 2.45) is 0 Å². The summed E-state index contributed by atoms with van der Waals surface area (Å²) in [4.78, 5) is 48.4. The molecule has 2 N–H and O–H groups in total. The smallest absolute Gasteiger partial charge is 0.462 e. The van der Waals surface area contributed by atoms with Crippen LogP contribution in [0.1, 0.15) is 252 Å². The van der Waals surface area contributed by atoms with Gasteiger partial charge in [0.25, 0.3) is 0 Å². The first kappa shape index (κ1) is 67.2. The molecule has 0 saturated carbocycles. The molecule has 0 spiro atoms. The number of hydrogen-bond donors (Lipinski definition) is 2. The van der Waals surface area contributed by atoms with Gasteiger partial charge < -0.3 is 24.2 Å². The van der Waals surface area contributed by atoms with Gasteiger partial charge in [-0.15, -0.1) is 0 Å². The Hall–Kier alpha value is -2.82. The monoisotopic (exact) mass is 1010 g/mol. The van der Waals surface area contributed by atoms with Gasteiger partial charge in [-0.3, -0.25) is 23.4 Å². The van der Waals surface area contributed by atoms with Gasteiger partial charge in [-0.05, 0) is 70.6 Å². The quantitative estimate of drug-likeness (QED) is 0.0197. The average Bonchev–Trinajstić information content (AvgIpc) is 3.35. The Labute approximate surface area is 427 Å². The fourth-order valence-electron chi connectivity index (χ4n) is 7.66. The number of allylic oxidation sites excluding steroid dienone is 10. The minimum atomic E-state index is -4.76. The highest BCUT2D eigenvalue weighted by atomic mass is 31.2. The molecule has 12 heteroatoms. The van der Waals surface area contributed by atoms with Crippen LogP contribution in [0, 0.1) is 0 Å². The number of aliphatic hydroxyl groups is 1. The Morgan fingerprint density at radius 1 is 0.414 bits per heavy atom. The zero-order valence-corrected chi connectivity index (χ0v) is 45.6. The number of carbonyl (C=O) groups is 3. The highest BCUT2D eigenvalue weighted by Crippen LogP contribution is 2.43. The molecule has 0 bridgehead atoms. The molecule has 0 saturated heterocycles. The molecule has 11 nitrogen and oxygen atoms in total. The molecule has 0 aromatic heterocycles. The maximum Gasteiger partial charge on any atom is 0.472 e. The van der Waals surface area contributed by atoms with Crippen LogP contribution in [0.2, 0.25) is 0 Å². The number of aliphatic hydroxyl groups excluding tert-OH is 1. The highest BCUT2D eigenvalue weighted by Gasteiger charge is 2.28. The van der Waals surface area contributed by atoms with Crippen LogP contribution in [-0.4, -0.2) is 66.5 Å². The summed E-state index contributed by atoms with van der Waals surface area (Å²) in [6.45, 7) is 4.45. The predicted octanol–water partition coefficient (Wildman–Crippen LogP) is 16.4. The summed E-state index contributed by atoms with van der Waals surface area (Å²) in [5.74, 6) is -1.55. The fourth-order valence-corrected chi connectivity index (χ4v) is 8.44. The first-order chi connectivity index (χ1) is 34.2. The summed E-state index contributed by atoms with van der Waals surface area (Å²) in [6.07, 6.45) is 56.3. The largest absolute Gasteiger partial charge is 0.472 e. The summed E-state index contributed by atoms with van der Waals surface area (Å²) in [5, 5.41) is 9.78. The van der Waals surface area contributed by atoms with E-state index in [-0.39, 0.29) is 25.9 Å². The van der Waals surface area contributed by atoms with Crippen LogP contribution in [0.5, 0.6) is 0 Å². The topological polar surface area (TPSA) is 155 Å². The lowest BCUT2D eigenvalue weighted by atomic mass is 10.0. The third-order valence-electron chi connectivity index (χ3n) is 11.9. The van der Waals surface area contributed by atoms with Crippen molar-refractivity contribution < 1.29 is 52.2 Å². The van der Waals surface area contributed by atoms with Crippen molar-refractivity contribution in [2.45, 2.75) is 264 Å². The van der Waals surface area contributed by atoms with Crippen molar-refractivity contribution >= 4 is 25.7 Å². The van der Waals surface area contributed by atoms with E-state index in [1.165, 1.54) is 116 Å². The van der Waals surface area contributed by atoms with Crippen LogP contribution in [0.15, 0.2) is 60.8 Å². The van der Waals surface area contributed by atoms with E-state index >= 15 is 0 Å². The number of carbonyl (C=O) groups excluding carboxylic acids is 3. The molecule has 0 rings (SSSR count). The predicted molar refractivity (Wildman–Crippen MR) is 288 cm³/mol. The SMILES string of the molecule is CC/C=C\C/C=C\C/C=C\C/C=C\CCC(=O)OC(CO)COP(=O)(O)OCC(COC(=O)CCCCCCCCCCCCCCC)OC(=O)CCCCCCCCC/C=C\CCCCCCCC. The molecule has 0 fully saturated rings. The summed E-state index contributed by atoms with van der Waals surface area (Å²) in [5.41, 5.74) is 0. The second-order valence-electron chi connectivity index (χ2n) is 18.7. The van der Waals surface area contributed by atoms with E-state index in [2.05, 4.69) is 69.4 Å². The van der Waals surface area contributed by atoms with Gasteiger partial charge in [-0.1, -0.05) is 223 Å². The molecule has 0 aliphatic heterocycles. The number of phosphoric ester groups is 1. The lowest BCUT2D eigenvalue weighted by molar-refractivity contribution is -0.161. The Bertz CT molecular complexity index is 1410. The number of ether oxygens (including phenoxy) is 3. The van der Waals surface area contributed by atoms with Crippen LogP contribution in [0.3, 0.4) is 0 Å². The third kappa shape index (κ3) is 50.1. The molecule has 406 valence electrons. The molecule has 0 aromatic carbocycles. The van der Waals surface area contributed by atoms with E-state index in [9.17, 15) is 28.9 Å². The van der Waals surface area contributed by atoms with Crippen LogP contribution in [0.25, 0.3) is 0 Å². The normalized spacial score (nSPS) is 13.8. The van der Waals surface area contributed by atoms with Gasteiger partial charge in [0.1, 0.15) is 12.7 Å². The van der Waals surface area contributed by atoms with Gasteiger partial charge in [0.05, 0.1) is 19.8 Å². The van der Waals surface area contributed by atoms with Gasteiger partial charge >= 0.3 is 25.7 Å². The van der Waals surface area contributed by atoms with E-state index in [1.807, 2.05) is 12.2 Å². The Balaban J connectivity index is 4.77. The van der Waals surface area contributed by atoms with E-state index < -0.39 is 57.8 Å². The molecule has 3 atom stereocenters. The minimum absolute atomic E-state index is 0.0562. The second-order valence-corrected chi connectivity index (χ2v) is 20.2. The van der Waals surface area contributed by atoms with Gasteiger partial charge in [-0.2, -0.15) is 0 Å². The Morgan fingerprint density at radius 3 is 1.23 bits per heavy atom. The average molecular weight is 1010 g/mol. The van der Waals surface area contributed by atoms with Crippen molar-refractivity contribution in [1.82, 2.24) is 0 Å². The number of rotatable bonds is 52. The maximum atomic E-state index is 12.9. The van der Waals surface area contributed by atoms with Gasteiger partial charge in [0.2, 0.25) is 0 Å². The van der Waals surface area contributed by atoms with Gasteiger partial charge in [-0.25, -0.2) is 4.57 Å². The molecule has 0 aliphatic rings. The van der Waals surface area contributed by atoms with E-state index in [1.54, 1.807) is 0 Å². The zero-order valence-electron chi connectivity index (χ0n) is 44.7. The maximum absolute atomic E-state index is 12.9. The van der Waals surface area contributed by atoms with Crippen molar-refractivity contribution in [3.8, 4) is 0 Å². The van der Waals surface area contributed by atoms with E-state index in [4.69, 9.17) is 23.3 Å². The van der Waals surface area contributed by atoms with Crippen LogP contribution in [-0.2, 0) is 42.2 Å². The fraction of sp³-hybridized carbons (Fsp3) is 0.776. The van der Waals surface area contributed by atoms with Crippen molar-refractivity contribution in [2.75, 3.05) is 26.4 Å². The lowest BCUT2D eigenvalue weighted by Crippen LogP contribution is -2.30. The number of hydrogen-bond acceptors (Lipinski definition) is 10. The van der Waals surface area contributed by atoms with Crippen LogP contribution < -0.4 is 0 Å². The molecule has 0 aliphatic carbocycles. The first-order valence-electron chi connectivity index (χ1n) is 28.2.